The smallest absolute Gasteiger partial charge is 0.163 e. The maximum atomic E-state index is 11.9. The zero-order valence-electron chi connectivity index (χ0n) is 11.1. The summed E-state index contributed by atoms with van der Waals surface area (Å²) >= 11 is 3.51. The summed E-state index contributed by atoms with van der Waals surface area (Å²) in [6.07, 6.45) is 2.61. The molecule has 102 valence electrons. The molecular weight excluding hydrogens is 316 g/mol. The molecule has 2 nitrogen and oxygen atoms in total. The van der Waals surface area contributed by atoms with E-state index in [1.807, 2.05) is 42.5 Å². The number of benzene rings is 2. The Hall–Kier alpha value is -1.61. The second kappa shape index (κ2) is 5.80. The highest BCUT2D eigenvalue weighted by atomic mass is 79.9. The fraction of sp³-hybridized carbons (Fsp3) is 0.235. The van der Waals surface area contributed by atoms with Crippen LogP contribution in [0.1, 0.15) is 34.3 Å². The first-order chi connectivity index (χ1) is 9.74. The molecule has 0 unspecified atom stereocenters. The number of halogens is 1. The molecule has 0 atom stereocenters. The predicted molar refractivity (Wildman–Crippen MR) is 82.2 cm³/mol. The summed E-state index contributed by atoms with van der Waals surface area (Å²) in [5.41, 5.74) is 3.08. The first-order valence-electron chi connectivity index (χ1n) is 6.76. The Labute approximate surface area is 126 Å². The largest absolute Gasteiger partial charge is 0.489 e. The third kappa shape index (κ3) is 2.78. The molecule has 1 aliphatic rings. The summed E-state index contributed by atoms with van der Waals surface area (Å²) in [4.78, 5) is 11.9. The van der Waals surface area contributed by atoms with Crippen molar-refractivity contribution in [3.05, 3.63) is 63.6 Å². The fourth-order valence-electron chi connectivity index (χ4n) is 2.47. The van der Waals surface area contributed by atoms with Crippen LogP contribution in [0.2, 0.25) is 0 Å². The molecule has 0 N–H and O–H groups in total. The third-order valence-corrected chi connectivity index (χ3v) is 4.36. The molecule has 0 fully saturated rings. The number of rotatable bonds is 3. The molecule has 2 aromatic carbocycles. The minimum absolute atomic E-state index is 0.234. The van der Waals surface area contributed by atoms with Gasteiger partial charge in [0.2, 0.25) is 0 Å². The monoisotopic (exact) mass is 330 g/mol. The van der Waals surface area contributed by atoms with Crippen molar-refractivity contribution in [2.45, 2.75) is 25.9 Å². The second-order valence-electron chi connectivity index (χ2n) is 4.98. The molecule has 3 rings (SSSR count). The number of fused-ring (bicyclic) bond motifs is 1. The molecular formula is C17H15BrO2. The van der Waals surface area contributed by atoms with Gasteiger partial charge in [-0.05, 0) is 36.6 Å². The van der Waals surface area contributed by atoms with Gasteiger partial charge in [-0.25, -0.2) is 0 Å². The Kier molecular flexibility index (Phi) is 3.88. The summed E-state index contributed by atoms with van der Waals surface area (Å²) in [5.74, 6) is 0.993. The summed E-state index contributed by atoms with van der Waals surface area (Å²) in [6.45, 7) is 0.494. The lowest BCUT2D eigenvalue weighted by Gasteiger charge is -2.16. The van der Waals surface area contributed by atoms with Crippen molar-refractivity contribution in [3.63, 3.8) is 0 Å². The molecule has 0 amide bonds. The number of carbonyl (C=O) groups excluding carboxylic acids is 1. The highest BCUT2D eigenvalue weighted by molar-refractivity contribution is 9.10. The number of hydrogen-bond acceptors (Lipinski definition) is 2. The first kappa shape index (κ1) is 13.4. The van der Waals surface area contributed by atoms with E-state index in [1.54, 1.807) is 0 Å². The molecule has 2 aromatic rings. The van der Waals surface area contributed by atoms with Crippen molar-refractivity contribution < 1.29 is 9.53 Å². The van der Waals surface area contributed by atoms with Crippen LogP contribution in [-0.4, -0.2) is 5.78 Å². The Balaban J connectivity index is 1.77. The van der Waals surface area contributed by atoms with Crippen LogP contribution >= 0.6 is 15.9 Å². The summed E-state index contributed by atoms with van der Waals surface area (Å²) in [5, 5.41) is 0. The average Bonchev–Trinajstić information content (AvgIpc) is 2.47. The van der Waals surface area contributed by atoms with Crippen molar-refractivity contribution in [1.29, 1.82) is 0 Å². The second-order valence-corrected chi connectivity index (χ2v) is 5.83. The number of aryl methyl sites for hydroxylation is 1. The summed E-state index contributed by atoms with van der Waals surface area (Å²) < 4.78 is 6.84. The van der Waals surface area contributed by atoms with Gasteiger partial charge in [-0.1, -0.05) is 40.2 Å². The molecule has 1 aliphatic carbocycles. The fourth-order valence-corrected chi connectivity index (χ4v) is 2.87. The molecule has 0 aliphatic heterocycles. The van der Waals surface area contributed by atoms with Crippen molar-refractivity contribution in [3.8, 4) is 5.75 Å². The highest BCUT2D eigenvalue weighted by Gasteiger charge is 2.17. The molecule has 0 bridgehead atoms. The third-order valence-electron chi connectivity index (χ3n) is 3.58. The van der Waals surface area contributed by atoms with E-state index in [2.05, 4.69) is 15.9 Å². The molecule has 20 heavy (non-hydrogen) atoms. The van der Waals surface area contributed by atoms with Crippen molar-refractivity contribution in [1.82, 2.24) is 0 Å². The quantitative estimate of drug-likeness (QED) is 0.825. The van der Waals surface area contributed by atoms with Crippen LogP contribution in [0.4, 0.5) is 0 Å². The summed E-state index contributed by atoms with van der Waals surface area (Å²) in [7, 11) is 0. The molecule has 0 radical (unpaired) electrons. The van der Waals surface area contributed by atoms with Crippen LogP contribution in [0.3, 0.4) is 0 Å². The van der Waals surface area contributed by atoms with Crippen LogP contribution in [0.15, 0.2) is 46.9 Å². The minimum atomic E-state index is 0.234. The van der Waals surface area contributed by atoms with E-state index < -0.39 is 0 Å². The van der Waals surface area contributed by atoms with E-state index >= 15 is 0 Å². The Bertz CT molecular complexity index is 649. The molecule has 0 spiro atoms. The van der Waals surface area contributed by atoms with Crippen LogP contribution in [0, 0.1) is 0 Å². The Morgan fingerprint density at radius 2 is 1.95 bits per heavy atom. The van der Waals surface area contributed by atoms with Gasteiger partial charge in [-0.15, -0.1) is 0 Å². The molecule has 0 heterocycles. The van der Waals surface area contributed by atoms with E-state index in [0.29, 0.717) is 13.0 Å². The lowest BCUT2D eigenvalue weighted by molar-refractivity contribution is 0.0972. The Morgan fingerprint density at radius 3 is 2.80 bits per heavy atom. The van der Waals surface area contributed by atoms with Crippen LogP contribution in [0.25, 0.3) is 0 Å². The molecule has 0 saturated carbocycles. The average molecular weight is 331 g/mol. The van der Waals surface area contributed by atoms with E-state index in [9.17, 15) is 4.79 Å². The maximum Gasteiger partial charge on any atom is 0.163 e. The molecule has 0 aromatic heterocycles. The van der Waals surface area contributed by atoms with Gasteiger partial charge in [0.05, 0.1) is 0 Å². The zero-order chi connectivity index (χ0) is 13.9. The van der Waals surface area contributed by atoms with Gasteiger partial charge in [0.25, 0.3) is 0 Å². The van der Waals surface area contributed by atoms with Crippen LogP contribution < -0.4 is 4.74 Å². The number of carbonyl (C=O) groups is 1. The SMILES string of the molecule is O=C1CCCc2ccc(OCc3ccccc3Br)cc21. The topological polar surface area (TPSA) is 26.3 Å². The van der Waals surface area contributed by atoms with E-state index in [1.165, 1.54) is 0 Å². The number of ether oxygens (including phenoxy) is 1. The van der Waals surface area contributed by atoms with Gasteiger partial charge in [0.1, 0.15) is 12.4 Å². The van der Waals surface area contributed by atoms with E-state index in [0.717, 1.165) is 39.8 Å². The van der Waals surface area contributed by atoms with Crippen LogP contribution in [-0.2, 0) is 13.0 Å². The van der Waals surface area contributed by atoms with Gasteiger partial charge in [-0.2, -0.15) is 0 Å². The van der Waals surface area contributed by atoms with Crippen molar-refractivity contribution >= 4 is 21.7 Å². The summed E-state index contributed by atoms with van der Waals surface area (Å²) in [6, 6.07) is 13.8. The van der Waals surface area contributed by atoms with Crippen molar-refractivity contribution in [2.24, 2.45) is 0 Å². The lowest BCUT2D eigenvalue weighted by atomic mass is 9.90. The molecule has 3 heteroatoms. The minimum Gasteiger partial charge on any atom is -0.489 e. The van der Waals surface area contributed by atoms with Crippen LogP contribution in [0.5, 0.6) is 5.75 Å². The molecule has 0 saturated heterocycles. The number of Topliss-reactive ketones (excluding diaryl/α,β-unsaturated/α-hetero) is 1. The number of hydrogen-bond donors (Lipinski definition) is 0. The van der Waals surface area contributed by atoms with Gasteiger partial charge >= 0.3 is 0 Å². The maximum absolute atomic E-state index is 11.9. The highest BCUT2D eigenvalue weighted by Crippen LogP contribution is 2.26. The zero-order valence-corrected chi connectivity index (χ0v) is 12.7. The van der Waals surface area contributed by atoms with E-state index in [4.69, 9.17) is 4.74 Å². The lowest BCUT2D eigenvalue weighted by Crippen LogP contribution is -2.10. The first-order valence-corrected chi connectivity index (χ1v) is 7.55. The van der Waals surface area contributed by atoms with Gasteiger partial charge < -0.3 is 4.74 Å². The van der Waals surface area contributed by atoms with E-state index in [-0.39, 0.29) is 5.78 Å². The predicted octanol–water partition coefficient (Wildman–Crippen LogP) is 4.55. The number of ketones is 1. The van der Waals surface area contributed by atoms with Gasteiger partial charge in [-0.3, -0.25) is 4.79 Å². The van der Waals surface area contributed by atoms with Gasteiger partial charge in [0.15, 0.2) is 5.78 Å². The normalized spacial score (nSPS) is 13.9. The van der Waals surface area contributed by atoms with Gasteiger partial charge in [0, 0.05) is 22.0 Å². The Morgan fingerprint density at radius 1 is 1.10 bits per heavy atom. The standard InChI is InChI=1S/C17H15BrO2/c18-16-6-2-1-4-13(16)11-20-14-9-8-12-5-3-7-17(19)15(12)10-14/h1-2,4,6,8-10H,3,5,7,11H2. The van der Waals surface area contributed by atoms with Crippen molar-refractivity contribution in [2.75, 3.05) is 0 Å².